The van der Waals surface area contributed by atoms with Gasteiger partial charge in [-0.3, -0.25) is 4.99 Å². The number of alkyl halides is 2. The highest BCUT2D eigenvalue weighted by atomic mass is 35.5. The number of allylic oxidation sites excluding steroid dienone is 3. The number of likely N-dealkylation sites (N-methyl/N-ethyl adjacent to an activating group) is 1. The summed E-state index contributed by atoms with van der Waals surface area (Å²) in [5.41, 5.74) is 1.07. The number of nitrogens with one attached hydrogen (secondary N) is 2. The molecule has 0 aliphatic carbocycles. The minimum Gasteiger partial charge on any atom is -0.496 e. The predicted octanol–water partition coefficient (Wildman–Crippen LogP) is 10.3. The number of aliphatic imine (C=N–C) groups is 1. The number of methoxy groups -OCH3 is 1. The Morgan fingerprint density at radius 3 is 1.86 bits per heavy atom. The summed E-state index contributed by atoms with van der Waals surface area (Å²) in [6.45, 7) is 21.8. The van der Waals surface area contributed by atoms with E-state index in [-0.39, 0.29) is 11.3 Å². The van der Waals surface area contributed by atoms with E-state index in [4.69, 9.17) is 16.3 Å². The summed E-state index contributed by atoms with van der Waals surface area (Å²) in [5.74, 6) is -2.95. The molecule has 0 amide bonds. The first-order valence-electron chi connectivity index (χ1n) is 15.0. The molecule has 240 valence electrons. The molecule has 0 aromatic heterocycles. The topological polar surface area (TPSA) is 45.7 Å². The normalized spacial score (nSPS) is 12.4. The van der Waals surface area contributed by atoms with E-state index in [1.165, 1.54) is 26.0 Å². The second-order valence-corrected chi connectivity index (χ2v) is 9.39. The Hall–Kier alpha value is -2.54. The number of nitrogens with zero attached hydrogens (tertiary/aromatic N) is 1. The van der Waals surface area contributed by atoms with Crippen LogP contribution in [0.1, 0.15) is 91.8 Å². The Bertz CT molecular complexity index is 993. The van der Waals surface area contributed by atoms with Gasteiger partial charge in [-0.2, -0.15) is 0 Å². The van der Waals surface area contributed by atoms with Crippen molar-refractivity contribution in [1.29, 1.82) is 0 Å². The largest absolute Gasteiger partial charge is 0.496 e. The maximum absolute atomic E-state index is 14.4. The number of benzene rings is 2. The number of ether oxygens (including phenoxy) is 1. The third-order valence-electron chi connectivity index (χ3n) is 5.84. The van der Waals surface area contributed by atoms with Crippen LogP contribution in [0.15, 0.2) is 76.4 Å². The Balaban J connectivity index is -0.00000109. The molecular formula is C35H58ClF2N3O. The summed E-state index contributed by atoms with van der Waals surface area (Å²) in [6, 6.07) is 14.5. The number of unbranched alkanes of at least 4 members (excludes halogenated alkanes) is 1. The fraction of sp³-hybridized carbons (Fsp3) is 0.514. The van der Waals surface area contributed by atoms with Crippen LogP contribution < -0.4 is 15.4 Å². The summed E-state index contributed by atoms with van der Waals surface area (Å²) in [5, 5.41) is 6.81. The van der Waals surface area contributed by atoms with Crippen LogP contribution in [0.4, 0.5) is 8.78 Å². The molecule has 0 aliphatic rings. The SMILES string of the molecule is C=N/C(=C\C=C(/C)Cl)[C@](Cc1ccccc1)(NC)c1ccc(OC)c(C(C)(F)F)c1.CC.CC.CCCC.CCNC. The van der Waals surface area contributed by atoms with Gasteiger partial charge in [0, 0.05) is 18.4 Å². The third-order valence-corrected chi connectivity index (χ3v) is 5.96. The Labute approximate surface area is 261 Å². The highest BCUT2D eigenvalue weighted by molar-refractivity contribution is 6.29. The van der Waals surface area contributed by atoms with Crippen LogP contribution in [0.3, 0.4) is 0 Å². The molecule has 7 heteroatoms. The summed E-state index contributed by atoms with van der Waals surface area (Å²) in [7, 11) is 5.08. The zero-order chi connectivity index (χ0) is 33.2. The summed E-state index contributed by atoms with van der Waals surface area (Å²) in [4.78, 5) is 4.24. The molecule has 2 rings (SSSR count). The van der Waals surface area contributed by atoms with E-state index in [9.17, 15) is 8.78 Å². The molecule has 2 aromatic rings. The molecule has 1 atom stereocenters. The fourth-order valence-corrected chi connectivity index (χ4v) is 3.51. The molecule has 0 heterocycles. The molecule has 0 radical (unpaired) electrons. The molecule has 0 fully saturated rings. The van der Waals surface area contributed by atoms with Gasteiger partial charge in [0.25, 0.3) is 5.92 Å². The van der Waals surface area contributed by atoms with E-state index in [2.05, 4.69) is 43.1 Å². The molecule has 0 unspecified atom stereocenters. The number of hydrogen-bond acceptors (Lipinski definition) is 4. The second-order valence-electron chi connectivity index (χ2n) is 8.79. The van der Waals surface area contributed by atoms with Gasteiger partial charge in [-0.1, -0.05) is 109 Å². The van der Waals surface area contributed by atoms with Gasteiger partial charge in [-0.05, 0) is 69.7 Å². The molecule has 0 saturated heterocycles. The molecule has 0 spiro atoms. The van der Waals surface area contributed by atoms with E-state index in [0.29, 0.717) is 22.7 Å². The van der Waals surface area contributed by atoms with Crippen LogP contribution in [0.5, 0.6) is 5.75 Å². The van der Waals surface area contributed by atoms with Crippen LogP contribution in [0.2, 0.25) is 0 Å². The lowest BCUT2D eigenvalue weighted by Gasteiger charge is -2.36. The standard InChI is InChI=1S/C24H27ClF2N2O.C4H10.C3H9N.2C2H6/c1-17(25)11-14-22(28-3)24(29-4,16-18-9-7-6-8-10-18)19-12-13-21(30-5)20(15-19)23(2,26)27;2*1-3-4-2;2*1-2/h6-15,29H,3,16H2,1-2,4-5H3;3-4H2,1-2H3;4H,3H2,1-2H3;2*1-2H3/b17-11+,22-14-;;;;/t24-;;;;/m1..../s1. The monoisotopic (exact) mass is 609 g/mol. The van der Waals surface area contributed by atoms with Crippen molar-refractivity contribution in [1.82, 2.24) is 10.6 Å². The maximum atomic E-state index is 14.4. The maximum Gasteiger partial charge on any atom is 0.274 e. The van der Waals surface area contributed by atoms with E-state index >= 15 is 0 Å². The fourth-order valence-electron chi connectivity index (χ4n) is 3.44. The third kappa shape index (κ3) is 16.2. The smallest absolute Gasteiger partial charge is 0.274 e. The van der Waals surface area contributed by atoms with Crippen LogP contribution in [0, 0.1) is 0 Å². The van der Waals surface area contributed by atoms with Gasteiger partial charge in [0.05, 0.1) is 23.9 Å². The van der Waals surface area contributed by atoms with Crippen molar-refractivity contribution in [3.05, 3.63) is 88.1 Å². The predicted molar refractivity (Wildman–Crippen MR) is 184 cm³/mol. The molecule has 4 nitrogen and oxygen atoms in total. The van der Waals surface area contributed by atoms with Crippen molar-refractivity contribution in [2.45, 2.75) is 93.0 Å². The van der Waals surface area contributed by atoms with Crippen molar-refractivity contribution < 1.29 is 13.5 Å². The van der Waals surface area contributed by atoms with Crippen molar-refractivity contribution >= 4 is 18.3 Å². The average molecular weight is 610 g/mol. The molecule has 0 aliphatic heterocycles. The highest BCUT2D eigenvalue weighted by Gasteiger charge is 2.38. The van der Waals surface area contributed by atoms with Gasteiger partial charge in [0.1, 0.15) is 5.75 Å². The van der Waals surface area contributed by atoms with Gasteiger partial charge >= 0.3 is 0 Å². The summed E-state index contributed by atoms with van der Waals surface area (Å²) in [6.07, 6.45) is 6.57. The van der Waals surface area contributed by atoms with E-state index in [1.807, 2.05) is 65.1 Å². The first kappa shape index (κ1) is 43.9. The zero-order valence-corrected chi connectivity index (χ0v) is 29.1. The summed E-state index contributed by atoms with van der Waals surface area (Å²) >= 11 is 6.02. The summed E-state index contributed by atoms with van der Waals surface area (Å²) < 4.78 is 33.9. The quantitative estimate of drug-likeness (QED) is 0.197. The van der Waals surface area contributed by atoms with Gasteiger partial charge in [-0.25, -0.2) is 8.78 Å². The van der Waals surface area contributed by atoms with Gasteiger partial charge in [0.15, 0.2) is 0 Å². The van der Waals surface area contributed by atoms with Gasteiger partial charge in [0.2, 0.25) is 0 Å². The number of halogens is 3. The van der Waals surface area contributed by atoms with Crippen LogP contribution in [0.25, 0.3) is 0 Å². The molecule has 0 bridgehead atoms. The number of rotatable bonds is 11. The van der Waals surface area contributed by atoms with Crippen molar-refractivity contribution in [3.8, 4) is 5.75 Å². The zero-order valence-electron chi connectivity index (χ0n) is 28.3. The van der Waals surface area contributed by atoms with Crippen molar-refractivity contribution in [2.75, 3.05) is 27.7 Å². The minimum absolute atomic E-state index is 0.129. The second kappa shape index (κ2) is 26.1. The van der Waals surface area contributed by atoms with Crippen LogP contribution in [-0.4, -0.2) is 34.5 Å². The van der Waals surface area contributed by atoms with Crippen molar-refractivity contribution in [2.24, 2.45) is 4.99 Å². The molecule has 0 saturated carbocycles. The van der Waals surface area contributed by atoms with Crippen LogP contribution in [-0.2, 0) is 17.9 Å². The lowest BCUT2D eigenvalue weighted by atomic mass is 9.79. The van der Waals surface area contributed by atoms with E-state index < -0.39 is 11.5 Å². The highest BCUT2D eigenvalue weighted by Crippen LogP contribution is 2.40. The first-order valence-corrected chi connectivity index (χ1v) is 15.3. The lowest BCUT2D eigenvalue weighted by molar-refractivity contribution is 0.0149. The van der Waals surface area contributed by atoms with Crippen molar-refractivity contribution in [3.63, 3.8) is 0 Å². The molecular weight excluding hydrogens is 552 g/mol. The van der Waals surface area contributed by atoms with Crippen LogP contribution >= 0.6 is 11.6 Å². The molecule has 42 heavy (non-hydrogen) atoms. The van der Waals surface area contributed by atoms with Gasteiger partial charge < -0.3 is 15.4 Å². The average Bonchev–Trinajstić information content (AvgIpc) is 3.02. The molecule has 2 N–H and O–H groups in total. The minimum atomic E-state index is -3.08. The Kier molecular flexibility index (Phi) is 27.3. The van der Waals surface area contributed by atoms with E-state index in [0.717, 1.165) is 19.0 Å². The Morgan fingerprint density at radius 2 is 1.50 bits per heavy atom. The molecule has 2 aromatic carbocycles. The number of hydrogen-bond donors (Lipinski definition) is 2. The lowest BCUT2D eigenvalue weighted by Crippen LogP contribution is -2.44. The first-order chi connectivity index (χ1) is 20.0. The van der Waals surface area contributed by atoms with Gasteiger partial charge in [-0.15, -0.1) is 0 Å². The van der Waals surface area contributed by atoms with E-state index in [1.54, 1.807) is 38.3 Å². The Morgan fingerprint density at radius 1 is 0.976 bits per heavy atom.